The molecule has 0 heterocycles. The van der Waals surface area contributed by atoms with Gasteiger partial charge in [0.05, 0.1) is 0 Å². The van der Waals surface area contributed by atoms with E-state index in [-0.39, 0.29) is 0 Å². The fraction of sp³-hybridized carbons (Fsp3) is 0.333. The van der Waals surface area contributed by atoms with Crippen molar-refractivity contribution in [2.75, 3.05) is 0 Å². The second kappa shape index (κ2) is 5.86. The highest BCUT2D eigenvalue weighted by Crippen LogP contribution is 2.29. The summed E-state index contributed by atoms with van der Waals surface area (Å²) in [6.07, 6.45) is 3.73. The Morgan fingerprint density at radius 3 is 2.28 bits per heavy atom. The first-order valence-electron chi connectivity index (χ1n) is 6.88. The van der Waals surface area contributed by atoms with E-state index in [0.29, 0.717) is 0 Å². The zero-order chi connectivity index (χ0) is 13.0. The molecule has 0 N–H and O–H groups in total. The minimum absolute atomic E-state index is 1.20. The van der Waals surface area contributed by atoms with Gasteiger partial charge in [0, 0.05) is 0 Å². The van der Waals surface area contributed by atoms with Crippen LogP contribution in [0.25, 0.3) is 11.1 Å². The Kier molecular flexibility index (Phi) is 4.19. The lowest BCUT2D eigenvalue weighted by atomic mass is 9.90. The molecular weight excluding hydrogens is 216 g/mol. The largest absolute Gasteiger partial charge is 0.0654 e. The van der Waals surface area contributed by atoms with E-state index in [9.17, 15) is 0 Å². The van der Waals surface area contributed by atoms with E-state index in [4.69, 9.17) is 0 Å². The molecule has 2 aromatic rings. The lowest BCUT2D eigenvalue weighted by Gasteiger charge is -2.14. The van der Waals surface area contributed by atoms with Crippen LogP contribution in [0.3, 0.4) is 0 Å². The van der Waals surface area contributed by atoms with Gasteiger partial charge in [0.25, 0.3) is 0 Å². The van der Waals surface area contributed by atoms with Gasteiger partial charge in [-0.1, -0.05) is 55.8 Å². The van der Waals surface area contributed by atoms with E-state index in [1.165, 1.54) is 47.1 Å². The molecule has 0 spiro atoms. The Hall–Kier alpha value is -1.56. The summed E-state index contributed by atoms with van der Waals surface area (Å²) in [6, 6.07) is 15.3. The zero-order valence-electron chi connectivity index (χ0n) is 11.7. The number of hydrogen-bond acceptors (Lipinski definition) is 0. The van der Waals surface area contributed by atoms with Gasteiger partial charge in [0.15, 0.2) is 0 Å². The molecule has 0 atom stereocenters. The monoisotopic (exact) mass is 238 g/mol. The van der Waals surface area contributed by atoms with Crippen molar-refractivity contribution in [3.8, 4) is 11.1 Å². The van der Waals surface area contributed by atoms with Crippen molar-refractivity contribution >= 4 is 0 Å². The van der Waals surface area contributed by atoms with E-state index >= 15 is 0 Å². The maximum Gasteiger partial charge on any atom is -0.0123 e. The minimum atomic E-state index is 1.20. The fourth-order valence-corrected chi connectivity index (χ4v) is 2.58. The van der Waals surface area contributed by atoms with Crippen LogP contribution in [0.1, 0.15) is 36.5 Å². The number of rotatable bonds is 4. The summed E-state index contributed by atoms with van der Waals surface area (Å²) in [5, 5.41) is 0. The summed E-state index contributed by atoms with van der Waals surface area (Å²) in [5.41, 5.74) is 7.09. The van der Waals surface area contributed by atoms with E-state index in [2.05, 4.69) is 63.2 Å². The fourth-order valence-electron chi connectivity index (χ4n) is 2.58. The van der Waals surface area contributed by atoms with E-state index in [0.717, 1.165) is 0 Å². The molecule has 2 aromatic carbocycles. The first kappa shape index (κ1) is 12.9. The smallest absolute Gasteiger partial charge is 0.0123 e. The van der Waals surface area contributed by atoms with Gasteiger partial charge in [-0.25, -0.2) is 0 Å². The molecule has 0 saturated heterocycles. The Morgan fingerprint density at radius 2 is 1.61 bits per heavy atom. The van der Waals surface area contributed by atoms with Gasteiger partial charge in [-0.2, -0.15) is 0 Å². The molecule has 0 aliphatic rings. The molecule has 0 nitrogen and oxygen atoms in total. The molecule has 0 radical (unpaired) electrons. The Balaban J connectivity index is 2.46. The summed E-state index contributed by atoms with van der Waals surface area (Å²) in [4.78, 5) is 0. The minimum Gasteiger partial charge on any atom is -0.0654 e. The van der Waals surface area contributed by atoms with Crippen LogP contribution in [0.5, 0.6) is 0 Å². The predicted octanol–water partition coefficient (Wildman–Crippen LogP) is 5.31. The summed E-state index contributed by atoms with van der Waals surface area (Å²) in [7, 11) is 0. The van der Waals surface area contributed by atoms with Crippen molar-refractivity contribution in [2.24, 2.45) is 0 Å². The van der Waals surface area contributed by atoms with Gasteiger partial charge in [-0.15, -0.1) is 0 Å². The molecule has 0 heteroatoms. The molecule has 2 rings (SSSR count). The molecule has 0 unspecified atom stereocenters. The second-order valence-corrected chi connectivity index (χ2v) is 5.01. The number of hydrogen-bond donors (Lipinski definition) is 0. The first-order valence-corrected chi connectivity index (χ1v) is 6.88. The summed E-state index contributed by atoms with van der Waals surface area (Å²) in [5.74, 6) is 0. The van der Waals surface area contributed by atoms with E-state index < -0.39 is 0 Å². The van der Waals surface area contributed by atoms with Crippen LogP contribution in [-0.4, -0.2) is 0 Å². The quantitative estimate of drug-likeness (QED) is 0.677. The number of aryl methyl sites for hydroxylation is 2. The molecule has 0 aliphatic carbocycles. The van der Waals surface area contributed by atoms with E-state index in [1.807, 2.05) is 0 Å². The van der Waals surface area contributed by atoms with Crippen molar-refractivity contribution in [3.63, 3.8) is 0 Å². The summed E-state index contributed by atoms with van der Waals surface area (Å²) >= 11 is 0. The van der Waals surface area contributed by atoms with Crippen LogP contribution in [0, 0.1) is 13.8 Å². The molecule has 0 saturated carbocycles. The average Bonchev–Trinajstić information content (AvgIpc) is 2.39. The first-order chi connectivity index (χ1) is 8.74. The maximum atomic E-state index is 2.30. The van der Waals surface area contributed by atoms with Crippen LogP contribution < -0.4 is 0 Å². The van der Waals surface area contributed by atoms with Crippen LogP contribution in [-0.2, 0) is 6.42 Å². The van der Waals surface area contributed by atoms with Gasteiger partial charge >= 0.3 is 0 Å². The summed E-state index contributed by atoms with van der Waals surface area (Å²) < 4.78 is 0. The zero-order valence-corrected chi connectivity index (χ0v) is 11.7. The molecular formula is C18H22. The molecule has 0 aliphatic heterocycles. The van der Waals surface area contributed by atoms with Gasteiger partial charge in [0.2, 0.25) is 0 Å². The number of unbranched alkanes of at least 4 members (excludes halogenated alkanes) is 1. The van der Waals surface area contributed by atoms with Crippen LogP contribution >= 0.6 is 0 Å². The van der Waals surface area contributed by atoms with Crippen LogP contribution in [0.4, 0.5) is 0 Å². The topological polar surface area (TPSA) is 0 Å². The SMILES string of the molecule is CCCCc1ccc(C)c(-c2ccccc2)c1C. The lowest BCUT2D eigenvalue weighted by Crippen LogP contribution is -1.95. The van der Waals surface area contributed by atoms with Crippen molar-refractivity contribution in [2.45, 2.75) is 40.0 Å². The summed E-state index contributed by atoms with van der Waals surface area (Å²) in [6.45, 7) is 6.72. The van der Waals surface area contributed by atoms with Gasteiger partial charge in [-0.05, 0) is 54.5 Å². The van der Waals surface area contributed by atoms with E-state index in [1.54, 1.807) is 0 Å². The molecule has 18 heavy (non-hydrogen) atoms. The van der Waals surface area contributed by atoms with Crippen molar-refractivity contribution in [1.82, 2.24) is 0 Å². The highest BCUT2D eigenvalue weighted by Gasteiger charge is 2.08. The standard InChI is InChI=1S/C18H22/c1-4-5-9-16-13-12-14(2)18(15(16)3)17-10-7-6-8-11-17/h6-8,10-13H,4-5,9H2,1-3H3. The average molecular weight is 238 g/mol. The Morgan fingerprint density at radius 1 is 0.889 bits per heavy atom. The molecule has 94 valence electrons. The lowest BCUT2D eigenvalue weighted by molar-refractivity contribution is 0.791. The Labute approximate surface area is 111 Å². The van der Waals surface area contributed by atoms with Crippen LogP contribution in [0.2, 0.25) is 0 Å². The third-order valence-electron chi connectivity index (χ3n) is 3.65. The van der Waals surface area contributed by atoms with Gasteiger partial charge < -0.3 is 0 Å². The second-order valence-electron chi connectivity index (χ2n) is 5.01. The normalized spacial score (nSPS) is 10.6. The Bertz CT molecular complexity index is 509. The van der Waals surface area contributed by atoms with Gasteiger partial charge in [0.1, 0.15) is 0 Å². The maximum absolute atomic E-state index is 2.30. The highest BCUT2D eigenvalue weighted by molar-refractivity contribution is 5.71. The third-order valence-corrected chi connectivity index (χ3v) is 3.65. The molecule has 0 bridgehead atoms. The van der Waals surface area contributed by atoms with Crippen molar-refractivity contribution in [3.05, 3.63) is 59.2 Å². The van der Waals surface area contributed by atoms with Gasteiger partial charge in [-0.3, -0.25) is 0 Å². The van der Waals surface area contributed by atoms with Crippen LogP contribution in [0.15, 0.2) is 42.5 Å². The predicted molar refractivity (Wildman–Crippen MR) is 80.0 cm³/mol. The highest BCUT2D eigenvalue weighted by atomic mass is 14.1. The number of benzene rings is 2. The van der Waals surface area contributed by atoms with Crippen molar-refractivity contribution < 1.29 is 0 Å². The molecule has 0 fully saturated rings. The molecule has 0 aromatic heterocycles. The van der Waals surface area contributed by atoms with Crippen molar-refractivity contribution in [1.29, 1.82) is 0 Å². The third kappa shape index (κ3) is 2.64. The molecule has 0 amide bonds.